The van der Waals surface area contributed by atoms with Crippen LogP contribution in [0.5, 0.6) is 0 Å². The Labute approximate surface area is 113 Å². The van der Waals surface area contributed by atoms with Crippen LogP contribution in [0, 0.1) is 0 Å². The van der Waals surface area contributed by atoms with Gasteiger partial charge in [-0.05, 0) is 25.0 Å². The van der Waals surface area contributed by atoms with Crippen LogP contribution in [0.15, 0.2) is 30.3 Å². The van der Waals surface area contributed by atoms with Gasteiger partial charge in [-0.3, -0.25) is 4.98 Å². The van der Waals surface area contributed by atoms with Gasteiger partial charge in [0.1, 0.15) is 0 Å². The molecule has 0 aliphatic heterocycles. The Hall–Kier alpha value is -1.90. The summed E-state index contributed by atoms with van der Waals surface area (Å²) in [4.78, 5) is 16.5. The molecule has 3 nitrogen and oxygen atoms in total. The first-order valence-corrected chi connectivity index (χ1v) is 6.73. The summed E-state index contributed by atoms with van der Waals surface area (Å²) in [5.41, 5.74) is 2.37. The number of hydrogen-bond donors (Lipinski definition) is 0. The number of nitrogens with zero attached hydrogens (tertiary/aromatic N) is 1. The predicted octanol–water partition coefficient (Wildman–Crippen LogP) is 3.75. The molecule has 0 aliphatic rings. The van der Waals surface area contributed by atoms with Crippen molar-refractivity contribution in [1.82, 2.24) is 4.98 Å². The number of carbonyl (C=O) groups is 1. The lowest BCUT2D eigenvalue weighted by molar-refractivity contribution is 0.0599. The SMILES string of the molecule is CCCCCc1nc2ccccc2cc1C(=O)OC. The van der Waals surface area contributed by atoms with Gasteiger partial charge in [0.05, 0.1) is 23.9 Å². The first kappa shape index (κ1) is 13.5. The van der Waals surface area contributed by atoms with E-state index in [-0.39, 0.29) is 5.97 Å². The van der Waals surface area contributed by atoms with Gasteiger partial charge in [-0.1, -0.05) is 38.0 Å². The van der Waals surface area contributed by atoms with E-state index < -0.39 is 0 Å². The van der Waals surface area contributed by atoms with Crippen LogP contribution in [0.1, 0.15) is 42.2 Å². The summed E-state index contributed by atoms with van der Waals surface area (Å²) >= 11 is 0. The minimum absolute atomic E-state index is 0.301. The fraction of sp³-hybridized carbons (Fsp3) is 0.375. The molecule has 0 atom stereocenters. The minimum Gasteiger partial charge on any atom is -0.465 e. The molecule has 19 heavy (non-hydrogen) atoms. The summed E-state index contributed by atoms with van der Waals surface area (Å²) in [6, 6.07) is 9.73. The monoisotopic (exact) mass is 257 g/mol. The zero-order valence-electron chi connectivity index (χ0n) is 11.5. The van der Waals surface area contributed by atoms with Crippen LogP contribution in [-0.4, -0.2) is 18.1 Å². The average Bonchev–Trinajstić information content (AvgIpc) is 2.46. The van der Waals surface area contributed by atoms with Gasteiger partial charge in [0.25, 0.3) is 0 Å². The molecule has 0 bridgehead atoms. The summed E-state index contributed by atoms with van der Waals surface area (Å²) in [5, 5.41) is 0.974. The maximum absolute atomic E-state index is 11.8. The number of hydrogen-bond acceptors (Lipinski definition) is 3. The number of ether oxygens (including phenoxy) is 1. The van der Waals surface area contributed by atoms with E-state index >= 15 is 0 Å². The molecule has 2 aromatic rings. The number of rotatable bonds is 5. The Kier molecular flexibility index (Phi) is 4.50. The van der Waals surface area contributed by atoms with E-state index in [9.17, 15) is 4.79 Å². The molecular formula is C16H19NO2. The molecule has 0 unspecified atom stereocenters. The van der Waals surface area contributed by atoms with Crippen molar-refractivity contribution in [3.63, 3.8) is 0 Å². The Morgan fingerprint density at radius 2 is 2.05 bits per heavy atom. The van der Waals surface area contributed by atoms with Crippen LogP contribution in [0.3, 0.4) is 0 Å². The molecule has 0 saturated carbocycles. The van der Waals surface area contributed by atoms with Crippen LogP contribution in [0.2, 0.25) is 0 Å². The summed E-state index contributed by atoms with van der Waals surface area (Å²) in [6.45, 7) is 2.16. The average molecular weight is 257 g/mol. The fourth-order valence-electron chi connectivity index (χ4n) is 2.18. The molecule has 1 heterocycles. The normalized spacial score (nSPS) is 10.6. The molecule has 0 spiro atoms. The number of esters is 1. The molecule has 0 aliphatic carbocycles. The lowest BCUT2D eigenvalue weighted by atomic mass is 10.0. The van der Waals surface area contributed by atoms with E-state index in [0.29, 0.717) is 5.56 Å². The van der Waals surface area contributed by atoms with Crippen molar-refractivity contribution in [2.45, 2.75) is 32.6 Å². The third-order valence-electron chi connectivity index (χ3n) is 3.23. The summed E-state index contributed by atoms with van der Waals surface area (Å²) in [5.74, 6) is -0.301. The third kappa shape index (κ3) is 3.11. The van der Waals surface area contributed by atoms with Crippen molar-refractivity contribution in [2.24, 2.45) is 0 Å². The van der Waals surface area contributed by atoms with E-state index in [0.717, 1.165) is 42.3 Å². The second-order valence-electron chi connectivity index (χ2n) is 4.62. The predicted molar refractivity (Wildman–Crippen MR) is 76.3 cm³/mol. The van der Waals surface area contributed by atoms with E-state index in [2.05, 4.69) is 11.9 Å². The molecule has 0 N–H and O–H groups in total. The number of fused-ring (bicyclic) bond motifs is 1. The molecule has 1 aromatic heterocycles. The van der Waals surface area contributed by atoms with E-state index in [1.807, 2.05) is 30.3 Å². The van der Waals surface area contributed by atoms with Crippen molar-refractivity contribution >= 4 is 16.9 Å². The summed E-state index contributed by atoms with van der Waals surface area (Å²) in [7, 11) is 1.41. The number of aromatic nitrogens is 1. The van der Waals surface area contributed by atoms with Crippen LogP contribution in [0.4, 0.5) is 0 Å². The highest BCUT2D eigenvalue weighted by molar-refractivity contribution is 5.95. The molecule has 2 rings (SSSR count). The molecule has 0 amide bonds. The quantitative estimate of drug-likeness (QED) is 0.605. The second kappa shape index (κ2) is 6.32. The van der Waals surface area contributed by atoms with E-state index in [1.165, 1.54) is 7.11 Å². The number of unbranched alkanes of at least 4 members (excludes halogenated alkanes) is 2. The van der Waals surface area contributed by atoms with Gasteiger partial charge in [-0.25, -0.2) is 4.79 Å². The highest BCUT2D eigenvalue weighted by atomic mass is 16.5. The number of para-hydroxylation sites is 1. The first-order chi connectivity index (χ1) is 9.26. The summed E-state index contributed by atoms with van der Waals surface area (Å²) in [6.07, 6.45) is 4.17. The van der Waals surface area contributed by atoms with Gasteiger partial charge in [-0.15, -0.1) is 0 Å². The van der Waals surface area contributed by atoms with Gasteiger partial charge in [-0.2, -0.15) is 0 Å². The largest absolute Gasteiger partial charge is 0.465 e. The van der Waals surface area contributed by atoms with Crippen molar-refractivity contribution < 1.29 is 9.53 Å². The van der Waals surface area contributed by atoms with Crippen LogP contribution >= 0.6 is 0 Å². The molecule has 0 fully saturated rings. The number of methoxy groups -OCH3 is 1. The van der Waals surface area contributed by atoms with Crippen molar-refractivity contribution in [3.8, 4) is 0 Å². The van der Waals surface area contributed by atoms with E-state index in [4.69, 9.17) is 4.74 Å². The molecule has 100 valence electrons. The van der Waals surface area contributed by atoms with Gasteiger partial charge < -0.3 is 4.74 Å². The maximum atomic E-state index is 11.8. The molecular weight excluding hydrogens is 238 g/mol. The Bertz CT molecular complexity index is 578. The molecule has 0 saturated heterocycles. The zero-order valence-corrected chi connectivity index (χ0v) is 11.5. The van der Waals surface area contributed by atoms with E-state index in [1.54, 1.807) is 0 Å². The highest BCUT2D eigenvalue weighted by Crippen LogP contribution is 2.19. The number of benzene rings is 1. The number of pyridine rings is 1. The topological polar surface area (TPSA) is 39.2 Å². The van der Waals surface area contributed by atoms with Gasteiger partial charge in [0.15, 0.2) is 0 Å². The number of carbonyl (C=O) groups excluding carboxylic acids is 1. The standard InChI is InChI=1S/C16H19NO2/c1-3-4-5-10-15-13(16(18)19-2)11-12-8-6-7-9-14(12)17-15/h6-9,11H,3-5,10H2,1-2H3. The van der Waals surface area contributed by atoms with Crippen LogP contribution in [0.25, 0.3) is 10.9 Å². The third-order valence-corrected chi connectivity index (χ3v) is 3.23. The smallest absolute Gasteiger partial charge is 0.339 e. The molecule has 1 aromatic carbocycles. The Balaban J connectivity index is 2.41. The van der Waals surface area contributed by atoms with Gasteiger partial charge in [0, 0.05) is 5.39 Å². The Morgan fingerprint density at radius 3 is 2.79 bits per heavy atom. The maximum Gasteiger partial charge on any atom is 0.339 e. The fourth-order valence-corrected chi connectivity index (χ4v) is 2.18. The minimum atomic E-state index is -0.301. The van der Waals surface area contributed by atoms with Crippen molar-refractivity contribution in [3.05, 3.63) is 41.6 Å². The first-order valence-electron chi connectivity index (χ1n) is 6.73. The van der Waals surface area contributed by atoms with Crippen molar-refractivity contribution in [2.75, 3.05) is 7.11 Å². The Morgan fingerprint density at radius 1 is 1.26 bits per heavy atom. The van der Waals surface area contributed by atoms with Crippen molar-refractivity contribution in [1.29, 1.82) is 0 Å². The second-order valence-corrected chi connectivity index (χ2v) is 4.62. The lowest BCUT2D eigenvalue weighted by Gasteiger charge is -2.09. The highest BCUT2D eigenvalue weighted by Gasteiger charge is 2.14. The summed E-state index contributed by atoms with van der Waals surface area (Å²) < 4.78 is 4.85. The number of aryl methyl sites for hydroxylation is 1. The van der Waals surface area contributed by atoms with Crippen LogP contribution in [-0.2, 0) is 11.2 Å². The van der Waals surface area contributed by atoms with Gasteiger partial charge >= 0.3 is 5.97 Å². The zero-order chi connectivity index (χ0) is 13.7. The molecule has 3 heteroatoms. The van der Waals surface area contributed by atoms with Gasteiger partial charge in [0.2, 0.25) is 0 Å². The van der Waals surface area contributed by atoms with Crippen LogP contribution < -0.4 is 0 Å². The molecule has 0 radical (unpaired) electrons. The lowest BCUT2D eigenvalue weighted by Crippen LogP contribution is -2.08.